The van der Waals surface area contributed by atoms with Crippen molar-refractivity contribution in [3.8, 4) is 0 Å². The van der Waals surface area contributed by atoms with E-state index in [9.17, 15) is 19.7 Å². The third-order valence-electron chi connectivity index (χ3n) is 1.92. The first-order chi connectivity index (χ1) is 7.02. The lowest BCUT2D eigenvalue weighted by Gasteiger charge is -1.97. The van der Waals surface area contributed by atoms with Gasteiger partial charge in [-0.05, 0) is 6.07 Å². The number of cyclic esters (lactones) is 2. The Hall–Kier alpha value is -1.95. The van der Waals surface area contributed by atoms with Gasteiger partial charge in [0, 0.05) is 6.07 Å². The van der Waals surface area contributed by atoms with Crippen LogP contribution in [0.25, 0.3) is 0 Å². The Balaban J connectivity index is 2.81. The van der Waals surface area contributed by atoms with Crippen molar-refractivity contribution in [2.24, 2.45) is 0 Å². The fourth-order valence-corrected chi connectivity index (χ4v) is 1.55. The Kier molecular flexibility index (Phi) is 1.94. The van der Waals surface area contributed by atoms with Crippen LogP contribution in [0.15, 0.2) is 12.1 Å². The topological polar surface area (TPSA) is 86.5 Å². The van der Waals surface area contributed by atoms with Crippen LogP contribution in [0.5, 0.6) is 0 Å². The summed E-state index contributed by atoms with van der Waals surface area (Å²) in [6, 6.07) is 2.24. The third-order valence-corrected chi connectivity index (χ3v) is 2.24. The molecule has 1 aliphatic rings. The van der Waals surface area contributed by atoms with Gasteiger partial charge in [-0.2, -0.15) is 0 Å². The van der Waals surface area contributed by atoms with Crippen LogP contribution >= 0.6 is 11.6 Å². The summed E-state index contributed by atoms with van der Waals surface area (Å²) in [5, 5.41) is 10.5. The number of hydrogen-bond donors (Lipinski definition) is 0. The number of rotatable bonds is 1. The number of ether oxygens (including phenoxy) is 1. The number of benzene rings is 1. The number of nitro groups is 1. The Morgan fingerprint density at radius 3 is 2.40 bits per heavy atom. The molecule has 0 atom stereocenters. The van der Waals surface area contributed by atoms with Gasteiger partial charge < -0.3 is 4.74 Å². The molecule has 0 radical (unpaired) electrons. The highest BCUT2D eigenvalue weighted by atomic mass is 35.5. The zero-order chi connectivity index (χ0) is 11.2. The van der Waals surface area contributed by atoms with E-state index in [1.165, 1.54) is 6.07 Å². The summed E-state index contributed by atoms with van der Waals surface area (Å²) in [4.78, 5) is 32.1. The molecule has 2 rings (SSSR count). The Morgan fingerprint density at radius 2 is 1.80 bits per heavy atom. The molecule has 7 heteroatoms. The van der Waals surface area contributed by atoms with Crippen molar-refractivity contribution in [2.45, 2.75) is 0 Å². The summed E-state index contributed by atoms with van der Waals surface area (Å²) < 4.78 is 4.24. The van der Waals surface area contributed by atoms with Gasteiger partial charge in [0.05, 0.1) is 9.95 Å². The largest absolute Gasteiger partial charge is 0.385 e. The Bertz CT molecular complexity index is 510. The maximum absolute atomic E-state index is 11.1. The van der Waals surface area contributed by atoms with Crippen molar-refractivity contribution in [1.29, 1.82) is 0 Å². The highest BCUT2D eigenvalue weighted by molar-refractivity contribution is 6.36. The SMILES string of the molecule is O=C1OC(=O)c2c([N+](=O)[O-])ccc(Cl)c21. The van der Waals surface area contributed by atoms with Crippen molar-refractivity contribution in [1.82, 2.24) is 0 Å². The van der Waals surface area contributed by atoms with E-state index in [0.717, 1.165) is 6.07 Å². The minimum absolute atomic E-state index is 0.0357. The summed E-state index contributed by atoms with van der Waals surface area (Å²) in [5.41, 5.74) is -1.10. The summed E-state index contributed by atoms with van der Waals surface area (Å²) >= 11 is 5.63. The molecular weight excluding hydrogens is 226 g/mol. The van der Waals surface area contributed by atoms with E-state index in [0.29, 0.717) is 0 Å². The number of nitrogens with zero attached hydrogens (tertiary/aromatic N) is 1. The molecule has 0 amide bonds. The normalized spacial score (nSPS) is 13.7. The molecular formula is C8H2ClNO5. The third kappa shape index (κ3) is 1.26. The van der Waals surface area contributed by atoms with Crippen molar-refractivity contribution < 1.29 is 19.2 Å². The molecule has 1 aromatic carbocycles. The monoisotopic (exact) mass is 227 g/mol. The number of hydrogen-bond acceptors (Lipinski definition) is 5. The molecule has 1 aliphatic heterocycles. The van der Waals surface area contributed by atoms with Crippen LogP contribution in [0.1, 0.15) is 20.7 Å². The number of carbonyl (C=O) groups excluding carboxylic acids is 2. The second-order valence-corrected chi connectivity index (χ2v) is 3.16. The number of esters is 2. The summed E-state index contributed by atoms with van der Waals surface area (Å²) in [6.07, 6.45) is 0. The second kappa shape index (κ2) is 3.03. The molecule has 0 saturated carbocycles. The van der Waals surface area contributed by atoms with Crippen LogP contribution in [0, 0.1) is 10.1 Å². The van der Waals surface area contributed by atoms with E-state index in [2.05, 4.69) is 4.74 Å². The van der Waals surface area contributed by atoms with E-state index in [-0.39, 0.29) is 16.1 Å². The van der Waals surface area contributed by atoms with E-state index in [4.69, 9.17) is 11.6 Å². The van der Waals surface area contributed by atoms with E-state index < -0.39 is 22.5 Å². The quantitative estimate of drug-likeness (QED) is 0.314. The average molecular weight is 228 g/mol. The predicted molar refractivity (Wildman–Crippen MR) is 47.9 cm³/mol. The lowest BCUT2D eigenvalue weighted by atomic mass is 10.1. The number of fused-ring (bicyclic) bond motifs is 1. The van der Waals surface area contributed by atoms with Crippen LogP contribution in [-0.4, -0.2) is 16.9 Å². The lowest BCUT2D eigenvalue weighted by molar-refractivity contribution is -0.385. The van der Waals surface area contributed by atoms with E-state index in [1.807, 2.05) is 0 Å². The van der Waals surface area contributed by atoms with Gasteiger partial charge in [0.15, 0.2) is 5.56 Å². The molecule has 0 saturated heterocycles. The zero-order valence-corrected chi connectivity index (χ0v) is 7.78. The van der Waals surface area contributed by atoms with Crippen LogP contribution in [0.2, 0.25) is 5.02 Å². The van der Waals surface area contributed by atoms with Crippen molar-refractivity contribution in [3.05, 3.63) is 38.4 Å². The molecule has 0 spiro atoms. The fraction of sp³-hybridized carbons (Fsp3) is 0. The second-order valence-electron chi connectivity index (χ2n) is 2.75. The maximum Gasteiger partial charge on any atom is 0.354 e. The van der Waals surface area contributed by atoms with Gasteiger partial charge in [-0.15, -0.1) is 0 Å². The molecule has 0 aromatic heterocycles. The van der Waals surface area contributed by atoms with Crippen molar-refractivity contribution in [3.63, 3.8) is 0 Å². The van der Waals surface area contributed by atoms with Crippen molar-refractivity contribution in [2.75, 3.05) is 0 Å². The van der Waals surface area contributed by atoms with Crippen molar-refractivity contribution >= 4 is 29.2 Å². The summed E-state index contributed by atoms with van der Waals surface area (Å²) in [7, 11) is 0. The number of nitro benzene ring substituents is 1. The molecule has 6 nitrogen and oxygen atoms in total. The molecule has 76 valence electrons. The summed E-state index contributed by atoms with van der Waals surface area (Å²) in [5.74, 6) is -1.99. The van der Waals surface area contributed by atoms with Gasteiger partial charge in [0.25, 0.3) is 5.69 Å². The average Bonchev–Trinajstić information content (AvgIpc) is 2.43. The van der Waals surface area contributed by atoms with E-state index in [1.54, 1.807) is 0 Å². The lowest BCUT2D eigenvalue weighted by Crippen LogP contribution is -2.00. The fourth-order valence-electron chi connectivity index (χ4n) is 1.31. The van der Waals surface area contributed by atoms with Crippen LogP contribution in [-0.2, 0) is 4.74 Å². The molecule has 0 aliphatic carbocycles. The highest BCUT2D eigenvalue weighted by Gasteiger charge is 2.38. The van der Waals surface area contributed by atoms with Crippen LogP contribution < -0.4 is 0 Å². The first-order valence-corrected chi connectivity index (χ1v) is 4.13. The first-order valence-electron chi connectivity index (χ1n) is 3.75. The van der Waals surface area contributed by atoms with Crippen LogP contribution in [0.4, 0.5) is 5.69 Å². The van der Waals surface area contributed by atoms with Crippen LogP contribution in [0.3, 0.4) is 0 Å². The molecule has 0 unspecified atom stereocenters. The minimum atomic E-state index is -1.04. The zero-order valence-electron chi connectivity index (χ0n) is 7.02. The highest BCUT2D eigenvalue weighted by Crippen LogP contribution is 2.33. The summed E-state index contributed by atoms with van der Waals surface area (Å²) in [6.45, 7) is 0. The first kappa shape index (κ1) is 9.60. The van der Waals surface area contributed by atoms with Gasteiger partial charge in [-0.25, -0.2) is 9.59 Å². The smallest absolute Gasteiger partial charge is 0.354 e. The van der Waals surface area contributed by atoms with E-state index >= 15 is 0 Å². The molecule has 0 fully saturated rings. The van der Waals surface area contributed by atoms with Gasteiger partial charge in [0.2, 0.25) is 0 Å². The minimum Gasteiger partial charge on any atom is -0.385 e. The van der Waals surface area contributed by atoms with Gasteiger partial charge in [-0.1, -0.05) is 11.6 Å². The molecule has 0 bridgehead atoms. The standard InChI is InChI=1S/C8H2ClNO5/c9-3-1-2-4(10(13)14)6-5(3)7(11)15-8(6)12/h1-2H. The molecule has 15 heavy (non-hydrogen) atoms. The molecule has 0 N–H and O–H groups in total. The molecule has 1 heterocycles. The van der Waals surface area contributed by atoms with Gasteiger partial charge in [-0.3, -0.25) is 10.1 Å². The number of carbonyl (C=O) groups is 2. The maximum atomic E-state index is 11.1. The Labute approximate surface area is 87.5 Å². The van der Waals surface area contributed by atoms with Gasteiger partial charge in [0.1, 0.15) is 5.56 Å². The Morgan fingerprint density at radius 1 is 1.20 bits per heavy atom. The molecule has 1 aromatic rings. The number of halogens is 1. The van der Waals surface area contributed by atoms with Gasteiger partial charge >= 0.3 is 11.9 Å². The predicted octanol–water partition coefficient (Wildman–Crippen LogP) is 1.56.